The van der Waals surface area contributed by atoms with E-state index in [-0.39, 0.29) is 22.9 Å². The predicted molar refractivity (Wildman–Crippen MR) is 117 cm³/mol. The molecule has 2 aliphatic carbocycles. The molecule has 0 amide bonds. The average Bonchev–Trinajstić information content (AvgIpc) is 2.98. The molecule has 146 valence electrons. The molecule has 0 spiro atoms. The summed E-state index contributed by atoms with van der Waals surface area (Å²) in [5, 5.41) is 0. The summed E-state index contributed by atoms with van der Waals surface area (Å²) in [7, 11) is 0. The van der Waals surface area contributed by atoms with Crippen molar-refractivity contribution in [3.05, 3.63) is 76.5 Å². The summed E-state index contributed by atoms with van der Waals surface area (Å²) in [6.07, 6.45) is 3.31. The van der Waals surface area contributed by atoms with Gasteiger partial charge in [0.05, 0.1) is 11.6 Å². The molecule has 0 bridgehead atoms. The Hall–Kier alpha value is -2.46. The zero-order chi connectivity index (χ0) is 20.3. The van der Waals surface area contributed by atoms with Gasteiger partial charge in [0.2, 0.25) is 0 Å². The van der Waals surface area contributed by atoms with Gasteiger partial charge >= 0.3 is 0 Å². The number of fused-ring (bicyclic) bond motifs is 3. The van der Waals surface area contributed by atoms with Gasteiger partial charge in [-0.05, 0) is 35.8 Å². The molecule has 29 heavy (non-hydrogen) atoms. The van der Waals surface area contributed by atoms with Crippen LogP contribution in [0.15, 0.2) is 69.7 Å². The van der Waals surface area contributed by atoms with Gasteiger partial charge in [0, 0.05) is 39.6 Å². The van der Waals surface area contributed by atoms with Crippen LogP contribution in [-0.2, 0) is 4.79 Å². The summed E-state index contributed by atoms with van der Waals surface area (Å²) >= 11 is 1.69. The molecular weight excluding hydrogens is 378 g/mol. The molecule has 0 fully saturated rings. The fourth-order valence-electron chi connectivity index (χ4n) is 5.06. The second-order valence-corrected chi connectivity index (χ2v) is 9.82. The normalized spacial score (nSPS) is 24.7. The first-order chi connectivity index (χ1) is 13.9. The van der Waals surface area contributed by atoms with E-state index >= 15 is 0 Å². The van der Waals surface area contributed by atoms with E-state index in [0.717, 1.165) is 40.1 Å². The zero-order valence-electron chi connectivity index (χ0n) is 16.9. The Labute approximate surface area is 175 Å². The van der Waals surface area contributed by atoms with Gasteiger partial charge in [0.15, 0.2) is 11.6 Å². The number of carbonyl (C=O) groups excluding carboxylic acids is 2. The van der Waals surface area contributed by atoms with Crippen LogP contribution >= 0.6 is 11.8 Å². The van der Waals surface area contributed by atoms with Crippen LogP contribution in [0, 0.1) is 11.3 Å². The third kappa shape index (κ3) is 2.84. The van der Waals surface area contributed by atoms with Crippen molar-refractivity contribution in [1.29, 1.82) is 0 Å². The second-order valence-electron chi connectivity index (χ2n) is 8.94. The number of nitrogens with zero attached hydrogens (tertiary/aromatic N) is 1. The molecule has 4 heteroatoms. The Kier molecular flexibility index (Phi) is 4.18. The van der Waals surface area contributed by atoms with E-state index in [0.29, 0.717) is 6.42 Å². The minimum Gasteiger partial charge on any atom is -0.294 e. The minimum atomic E-state index is -0.406. The van der Waals surface area contributed by atoms with Crippen molar-refractivity contribution in [2.24, 2.45) is 16.3 Å². The molecule has 1 aliphatic heterocycles. The summed E-state index contributed by atoms with van der Waals surface area (Å²) in [5.74, 6) is -0.433. The second kappa shape index (κ2) is 6.53. The molecule has 2 atom stereocenters. The molecule has 2 aromatic rings. The number of Topliss-reactive ketones (excluding diaryl/α,β-unsaturated/α-hetero) is 2. The lowest BCUT2D eigenvalue weighted by atomic mass is 9.66. The van der Waals surface area contributed by atoms with E-state index in [4.69, 9.17) is 4.99 Å². The van der Waals surface area contributed by atoms with Crippen LogP contribution in [0.25, 0.3) is 0 Å². The van der Waals surface area contributed by atoms with Crippen molar-refractivity contribution >= 4 is 29.0 Å². The first-order valence-corrected chi connectivity index (χ1v) is 11.2. The highest BCUT2D eigenvalue weighted by Gasteiger charge is 2.50. The molecule has 5 rings (SSSR count). The molecule has 3 aliphatic rings. The van der Waals surface area contributed by atoms with E-state index < -0.39 is 5.92 Å². The third-order valence-corrected chi connectivity index (χ3v) is 7.06. The van der Waals surface area contributed by atoms with Crippen LogP contribution < -0.4 is 0 Å². The van der Waals surface area contributed by atoms with E-state index in [1.807, 2.05) is 30.5 Å². The van der Waals surface area contributed by atoms with Crippen LogP contribution in [0.1, 0.15) is 54.1 Å². The maximum absolute atomic E-state index is 13.4. The number of carbonyl (C=O) groups is 2. The molecule has 0 radical (unpaired) electrons. The molecule has 3 nitrogen and oxygen atoms in total. The van der Waals surface area contributed by atoms with Crippen LogP contribution in [0.3, 0.4) is 0 Å². The lowest BCUT2D eigenvalue weighted by Crippen LogP contribution is -2.37. The van der Waals surface area contributed by atoms with Gasteiger partial charge in [-0.3, -0.25) is 14.6 Å². The fraction of sp³-hybridized carbons (Fsp3) is 0.320. The lowest BCUT2D eigenvalue weighted by Gasteiger charge is -2.38. The molecule has 0 saturated carbocycles. The zero-order valence-corrected chi connectivity index (χ0v) is 17.7. The van der Waals surface area contributed by atoms with E-state index in [2.05, 4.69) is 38.1 Å². The Morgan fingerprint density at radius 1 is 0.931 bits per heavy atom. The summed E-state index contributed by atoms with van der Waals surface area (Å²) in [6, 6.07) is 16.0. The first kappa shape index (κ1) is 18.6. The Morgan fingerprint density at radius 3 is 2.31 bits per heavy atom. The maximum atomic E-state index is 13.4. The molecule has 1 heterocycles. The Morgan fingerprint density at radius 2 is 1.62 bits per heavy atom. The van der Waals surface area contributed by atoms with Crippen molar-refractivity contribution < 1.29 is 9.59 Å². The van der Waals surface area contributed by atoms with Crippen LogP contribution in [0.5, 0.6) is 0 Å². The monoisotopic (exact) mass is 401 g/mol. The van der Waals surface area contributed by atoms with Crippen molar-refractivity contribution in [2.45, 2.75) is 37.5 Å². The highest BCUT2D eigenvalue weighted by molar-refractivity contribution is 7.98. The number of aliphatic imine (C=N–C) groups is 1. The number of rotatable bonds is 2. The summed E-state index contributed by atoms with van der Waals surface area (Å²) in [5.41, 5.74) is 5.05. The Balaban J connectivity index is 1.74. The summed E-state index contributed by atoms with van der Waals surface area (Å²) in [6.45, 7) is 4.24. The minimum absolute atomic E-state index is 0.0856. The van der Waals surface area contributed by atoms with Crippen molar-refractivity contribution in [3.63, 3.8) is 0 Å². The molecule has 0 saturated heterocycles. The number of ketones is 2. The summed E-state index contributed by atoms with van der Waals surface area (Å²) < 4.78 is 0. The van der Waals surface area contributed by atoms with Crippen LogP contribution in [0.2, 0.25) is 0 Å². The lowest BCUT2D eigenvalue weighted by molar-refractivity contribution is -0.118. The highest BCUT2D eigenvalue weighted by Crippen LogP contribution is 2.51. The number of hydrogen-bond acceptors (Lipinski definition) is 4. The predicted octanol–water partition coefficient (Wildman–Crippen LogP) is 5.45. The number of thioether (sulfide) groups is 1. The smallest absolute Gasteiger partial charge is 0.173 e. The van der Waals surface area contributed by atoms with Gasteiger partial charge in [0.25, 0.3) is 0 Å². The van der Waals surface area contributed by atoms with Gasteiger partial charge in [-0.25, -0.2) is 0 Å². The first-order valence-electron chi connectivity index (χ1n) is 10.0. The Bertz CT molecular complexity index is 1110. The molecule has 0 aromatic heterocycles. The maximum Gasteiger partial charge on any atom is 0.173 e. The van der Waals surface area contributed by atoms with Crippen molar-refractivity contribution in [3.8, 4) is 0 Å². The number of benzene rings is 2. The standard InChI is InChI=1S/C25H23NO2S/c1-25(2)12-18-21(19(27)13-25)20(14-8-10-15(29-3)11-9-14)22-23(26-18)16-6-4-5-7-17(16)24(22)28/h4-11,20,22H,12-13H2,1-3H3/t20-,22-/m1/s1. The van der Waals surface area contributed by atoms with Crippen LogP contribution in [-0.4, -0.2) is 23.5 Å². The van der Waals surface area contributed by atoms with E-state index in [9.17, 15) is 9.59 Å². The van der Waals surface area contributed by atoms with E-state index in [1.54, 1.807) is 11.8 Å². The molecule has 2 aromatic carbocycles. The average molecular weight is 402 g/mol. The van der Waals surface area contributed by atoms with Gasteiger partial charge in [0.1, 0.15) is 0 Å². The van der Waals surface area contributed by atoms with Gasteiger partial charge < -0.3 is 0 Å². The number of allylic oxidation sites excluding steroid dienone is 2. The largest absolute Gasteiger partial charge is 0.294 e. The summed E-state index contributed by atoms with van der Waals surface area (Å²) in [4.78, 5) is 32.8. The van der Waals surface area contributed by atoms with Gasteiger partial charge in [-0.1, -0.05) is 50.2 Å². The molecule has 0 unspecified atom stereocenters. The SMILES string of the molecule is CSc1ccc([C@@H]2C3=C(CC(C)(C)CC3=O)N=C3c4ccccc4C(=O)[C@@H]32)cc1. The highest BCUT2D eigenvalue weighted by atomic mass is 32.2. The topological polar surface area (TPSA) is 46.5 Å². The molecule has 0 N–H and O–H groups in total. The fourth-order valence-corrected chi connectivity index (χ4v) is 5.46. The quantitative estimate of drug-likeness (QED) is 0.629. The van der Waals surface area contributed by atoms with E-state index in [1.165, 1.54) is 4.90 Å². The van der Waals surface area contributed by atoms with Crippen molar-refractivity contribution in [1.82, 2.24) is 0 Å². The molecular formula is C25H23NO2S. The van der Waals surface area contributed by atoms with Crippen molar-refractivity contribution in [2.75, 3.05) is 6.26 Å². The van der Waals surface area contributed by atoms with Gasteiger partial charge in [-0.15, -0.1) is 11.8 Å². The third-order valence-electron chi connectivity index (χ3n) is 6.32. The van der Waals surface area contributed by atoms with Crippen LogP contribution in [0.4, 0.5) is 0 Å². The van der Waals surface area contributed by atoms with Gasteiger partial charge in [-0.2, -0.15) is 0 Å². The number of hydrogen-bond donors (Lipinski definition) is 0.